The van der Waals surface area contributed by atoms with Crippen molar-refractivity contribution in [3.63, 3.8) is 0 Å². The van der Waals surface area contributed by atoms with E-state index in [1.807, 2.05) is 32.0 Å². The Balaban J connectivity index is 1.73. The number of nitrogens with zero attached hydrogens (tertiary/aromatic N) is 1. The Morgan fingerprint density at radius 3 is 2.58 bits per heavy atom. The number of amides is 2. The van der Waals surface area contributed by atoms with Gasteiger partial charge in [-0.2, -0.15) is 0 Å². The van der Waals surface area contributed by atoms with E-state index in [1.165, 1.54) is 0 Å². The van der Waals surface area contributed by atoms with Crippen LogP contribution in [-0.4, -0.2) is 18.4 Å². The van der Waals surface area contributed by atoms with Crippen molar-refractivity contribution in [1.29, 1.82) is 0 Å². The number of hydrogen-bond acceptors (Lipinski definition) is 2. The van der Waals surface area contributed by atoms with E-state index in [0.717, 1.165) is 16.8 Å². The van der Waals surface area contributed by atoms with Gasteiger partial charge in [0.15, 0.2) is 0 Å². The minimum absolute atomic E-state index is 0.0139. The van der Waals surface area contributed by atoms with Crippen molar-refractivity contribution >= 4 is 34.8 Å². The molecule has 1 fully saturated rings. The van der Waals surface area contributed by atoms with Gasteiger partial charge in [0.1, 0.15) is 0 Å². The normalized spacial score (nSPS) is 17.2. The fourth-order valence-corrected chi connectivity index (χ4v) is 3.03. The average Bonchev–Trinajstić information content (AvgIpc) is 2.94. The maximum atomic E-state index is 12.5. The molecule has 1 unspecified atom stereocenters. The third kappa shape index (κ3) is 3.44. The van der Waals surface area contributed by atoms with Gasteiger partial charge in [-0.1, -0.05) is 23.7 Å². The van der Waals surface area contributed by atoms with E-state index in [9.17, 15) is 9.59 Å². The number of hydrogen-bond donors (Lipinski definition) is 1. The van der Waals surface area contributed by atoms with Gasteiger partial charge in [-0.15, -0.1) is 0 Å². The molecule has 1 heterocycles. The molecule has 2 aromatic carbocycles. The van der Waals surface area contributed by atoms with Crippen LogP contribution in [0.4, 0.5) is 11.4 Å². The standard InChI is InChI=1S/C19H19ClN2O2/c1-12-3-4-13(2)17(9-12)22-11-14(10-18(22)23)19(24)21-16-7-5-15(20)6-8-16/h3-9,14H,10-11H2,1-2H3,(H,21,24). The van der Waals surface area contributed by atoms with Crippen LogP contribution < -0.4 is 10.2 Å². The van der Waals surface area contributed by atoms with Crippen LogP contribution in [0.3, 0.4) is 0 Å². The minimum atomic E-state index is -0.354. The summed E-state index contributed by atoms with van der Waals surface area (Å²) in [5.74, 6) is -0.508. The molecule has 1 atom stereocenters. The smallest absolute Gasteiger partial charge is 0.229 e. The van der Waals surface area contributed by atoms with Gasteiger partial charge in [0.2, 0.25) is 11.8 Å². The zero-order valence-corrected chi connectivity index (χ0v) is 14.4. The van der Waals surface area contributed by atoms with Gasteiger partial charge in [0.25, 0.3) is 0 Å². The number of nitrogens with one attached hydrogen (secondary N) is 1. The summed E-state index contributed by atoms with van der Waals surface area (Å²) in [6.07, 6.45) is 0.229. The SMILES string of the molecule is Cc1ccc(C)c(N2CC(C(=O)Nc3ccc(Cl)cc3)CC2=O)c1. The molecule has 24 heavy (non-hydrogen) atoms. The highest BCUT2D eigenvalue weighted by atomic mass is 35.5. The molecule has 2 aromatic rings. The molecule has 1 aliphatic heterocycles. The van der Waals surface area contributed by atoms with Crippen molar-refractivity contribution in [3.8, 4) is 0 Å². The Kier molecular flexibility index (Phi) is 4.58. The van der Waals surface area contributed by atoms with Crippen LogP contribution in [0.15, 0.2) is 42.5 Å². The van der Waals surface area contributed by atoms with Crippen LogP contribution in [0.1, 0.15) is 17.5 Å². The molecule has 1 saturated heterocycles. The highest BCUT2D eigenvalue weighted by molar-refractivity contribution is 6.30. The van der Waals surface area contributed by atoms with Gasteiger partial charge >= 0.3 is 0 Å². The van der Waals surface area contributed by atoms with Crippen LogP contribution >= 0.6 is 11.6 Å². The van der Waals surface area contributed by atoms with Crippen molar-refractivity contribution in [1.82, 2.24) is 0 Å². The molecule has 4 nitrogen and oxygen atoms in total. The lowest BCUT2D eigenvalue weighted by Crippen LogP contribution is -2.28. The molecule has 0 bridgehead atoms. The second kappa shape index (κ2) is 6.65. The van der Waals surface area contributed by atoms with Gasteiger partial charge in [0, 0.05) is 29.4 Å². The van der Waals surface area contributed by atoms with Crippen LogP contribution in [0.5, 0.6) is 0 Å². The fraction of sp³-hybridized carbons (Fsp3) is 0.263. The average molecular weight is 343 g/mol. The molecule has 0 aliphatic carbocycles. The molecule has 5 heteroatoms. The molecule has 0 radical (unpaired) electrons. The van der Waals surface area contributed by atoms with Crippen molar-refractivity contribution in [2.45, 2.75) is 20.3 Å². The lowest BCUT2D eigenvalue weighted by molar-refractivity contribution is -0.122. The molecular formula is C19H19ClN2O2. The van der Waals surface area contributed by atoms with E-state index in [2.05, 4.69) is 5.32 Å². The predicted molar refractivity (Wildman–Crippen MR) is 96.5 cm³/mol. The van der Waals surface area contributed by atoms with Crippen molar-refractivity contribution in [2.75, 3.05) is 16.8 Å². The fourth-order valence-electron chi connectivity index (χ4n) is 2.90. The van der Waals surface area contributed by atoms with Gasteiger partial charge in [-0.3, -0.25) is 9.59 Å². The zero-order valence-electron chi connectivity index (χ0n) is 13.7. The first kappa shape index (κ1) is 16.5. The number of rotatable bonds is 3. The second-order valence-corrected chi connectivity index (χ2v) is 6.63. The highest BCUT2D eigenvalue weighted by Crippen LogP contribution is 2.29. The van der Waals surface area contributed by atoms with E-state index in [1.54, 1.807) is 29.2 Å². The third-order valence-electron chi connectivity index (χ3n) is 4.26. The maximum Gasteiger partial charge on any atom is 0.229 e. The topological polar surface area (TPSA) is 49.4 Å². The quantitative estimate of drug-likeness (QED) is 0.918. The Morgan fingerprint density at radius 2 is 1.88 bits per heavy atom. The van der Waals surface area contributed by atoms with Crippen molar-refractivity contribution < 1.29 is 9.59 Å². The number of aryl methyl sites for hydroxylation is 2. The monoisotopic (exact) mass is 342 g/mol. The Bertz CT molecular complexity index is 786. The molecule has 0 saturated carbocycles. The molecule has 3 rings (SSSR count). The lowest BCUT2D eigenvalue weighted by atomic mass is 10.1. The zero-order chi connectivity index (χ0) is 17.3. The number of benzene rings is 2. The van der Waals surface area contributed by atoms with Crippen LogP contribution in [-0.2, 0) is 9.59 Å². The molecule has 1 aliphatic rings. The van der Waals surface area contributed by atoms with Crippen molar-refractivity contribution in [3.05, 3.63) is 58.6 Å². The molecule has 0 aromatic heterocycles. The Morgan fingerprint density at radius 1 is 1.17 bits per heavy atom. The molecule has 2 amide bonds. The first-order valence-corrected chi connectivity index (χ1v) is 8.26. The number of carbonyl (C=O) groups is 2. The first-order chi connectivity index (χ1) is 11.4. The van der Waals surface area contributed by atoms with Gasteiger partial charge in [-0.25, -0.2) is 0 Å². The number of carbonyl (C=O) groups excluding carboxylic acids is 2. The van der Waals surface area contributed by atoms with Crippen LogP contribution in [0, 0.1) is 19.8 Å². The largest absolute Gasteiger partial charge is 0.326 e. The van der Waals surface area contributed by atoms with Crippen molar-refractivity contribution in [2.24, 2.45) is 5.92 Å². The van der Waals surface area contributed by atoms with Gasteiger partial charge < -0.3 is 10.2 Å². The van der Waals surface area contributed by atoms with E-state index in [-0.39, 0.29) is 24.2 Å². The third-order valence-corrected chi connectivity index (χ3v) is 4.51. The van der Waals surface area contributed by atoms with E-state index in [0.29, 0.717) is 17.3 Å². The van der Waals surface area contributed by atoms with Crippen LogP contribution in [0.2, 0.25) is 5.02 Å². The summed E-state index contributed by atoms with van der Waals surface area (Å²) >= 11 is 5.84. The second-order valence-electron chi connectivity index (χ2n) is 6.19. The summed E-state index contributed by atoms with van der Waals surface area (Å²) in [6, 6.07) is 13.0. The predicted octanol–water partition coefficient (Wildman–Crippen LogP) is 3.95. The minimum Gasteiger partial charge on any atom is -0.326 e. The van der Waals surface area contributed by atoms with Gasteiger partial charge in [0.05, 0.1) is 5.92 Å². The molecule has 0 spiro atoms. The Labute approximate surface area is 146 Å². The summed E-state index contributed by atoms with van der Waals surface area (Å²) in [7, 11) is 0. The summed E-state index contributed by atoms with van der Waals surface area (Å²) < 4.78 is 0. The summed E-state index contributed by atoms with van der Waals surface area (Å²) in [4.78, 5) is 26.5. The molecule has 1 N–H and O–H groups in total. The molecule has 124 valence electrons. The lowest BCUT2D eigenvalue weighted by Gasteiger charge is -2.19. The summed E-state index contributed by atoms with van der Waals surface area (Å²) in [5, 5.41) is 3.47. The number of anilines is 2. The van der Waals surface area contributed by atoms with E-state index in [4.69, 9.17) is 11.6 Å². The molecular weight excluding hydrogens is 324 g/mol. The maximum absolute atomic E-state index is 12.5. The number of halogens is 1. The van der Waals surface area contributed by atoms with E-state index >= 15 is 0 Å². The Hall–Kier alpha value is -2.33. The van der Waals surface area contributed by atoms with E-state index < -0.39 is 0 Å². The van der Waals surface area contributed by atoms with Gasteiger partial charge in [-0.05, 0) is 55.3 Å². The summed E-state index contributed by atoms with van der Waals surface area (Å²) in [6.45, 7) is 4.37. The highest BCUT2D eigenvalue weighted by Gasteiger charge is 2.35. The van der Waals surface area contributed by atoms with Crippen LogP contribution in [0.25, 0.3) is 0 Å². The summed E-state index contributed by atoms with van der Waals surface area (Å²) in [5.41, 5.74) is 3.70. The first-order valence-electron chi connectivity index (χ1n) is 7.88.